The molecular formula is C23H22N4O4S2. The number of fused-ring (bicyclic) bond motifs is 1. The maximum absolute atomic E-state index is 12.6. The summed E-state index contributed by atoms with van der Waals surface area (Å²) in [7, 11) is -2.15. The van der Waals surface area contributed by atoms with Gasteiger partial charge in [0.25, 0.3) is 10.0 Å². The van der Waals surface area contributed by atoms with Gasteiger partial charge in [-0.3, -0.25) is 4.72 Å². The normalized spacial score (nSPS) is 11.2. The Kier molecular flexibility index (Phi) is 6.47. The third kappa shape index (κ3) is 5.60. The number of aryl methyl sites for hydroxylation is 1. The van der Waals surface area contributed by atoms with Crippen molar-refractivity contribution in [1.29, 1.82) is 0 Å². The number of methoxy groups -OCH3 is 1. The maximum atomic E-state index is 12.6. The van der Waals surface area contributed by atoms with Crippen LogP contribution in [-0.4, -0.2) is 26.5 Å². The van der Waals surface area contributed by atoms with Crippen molar-refractivity contribution in [2.45, 2.75) is 18.4 Å². The van der Waals surface area contributed by atoms with Gasteiger partial charge in [0.1, 0.15) is 5.75 Å². The minimum Gasteiger partial charge on any atom is -0.497 e. The number of nitrogens with zero attached hydrogens (tertiary/aromatic N) is 1. The van der Waals surface area contributed by atoms with Crippen molar-refractivity contribution in [3.05, 3.63) is 77.9 Å². The number of thiazole rings is 1. The molecule has 0 aliphatic heterocycles. The molecule has 0 unspecified atom stereocenters. The summed E-state index contributed by atoms with van der Waals surface area (Å²) < 4.78 is 33.7. The van der Waals surface area contributed by atoms with Gasteiger partial charge in [0.15, 0.2) is 5.13 Å². The monoisotopic (exact) mass is 482 g/mol. The summed E-state index contributed by atoms with van der Waals surface area (Å²) in [5, 5.41) is 5.81. The van der Waals surface area contributed by atoms with Crippen LogP contribution in [0.3, 0.4) is 0 Å². The van der Waals surface area contributed by atoms with Gasteiger partial charge in [0, 0.05) is 12.2 Å². The number of anilines is 2. The molecule has 10 heteroatoms. The van der Waals surface area contributed by atoms with Crippen LogP contribution < -0.4 is 20.1 Å². The van der Waals surface area contributed by atoms with Crippen LogP contribution >= 0.6 is 11.3 Å². The number of urea groups is 1. The first-order chi connectivity index (χ1) is 15.8. The second-order valence-electron chi connectivity index (χ2n) is 7.28. The highest BCUT2D eigenvalue weighted by molar-refractivity contribution is 7.93. The van der Waals surface area contributed by atoms with Crippen molar-refractivity contribution in [3.63, 3.8) is 0 Å². The van der Waals surface area contributed by atoms with Crippen molar-refractivity contribution in [3.8, 4) is 5.75 Å². The molecule has 3 N–H and O–H groups in total. The van der Waals surface area contributed by atoms with Crippen LogP contribution in [-0.2, 0) is 16.6 Å². The van der Waals surface area contributed by atoms with Crippen LogP contribution in [0.25, 0.3) is 10.2 Å². The Hall–Kier alpha value is -3.63. The van der Waals surface area contributed by atoms with E-state index < -0.39 is 10.0 Å². The highest BCUT2D eigenvalue weighted by Gasteiger charge is 2.16. The van der Waals surface area contributed by atoms with Crippen molar-refractivity contribution in [2.75, 3.05) is 17.1 Å². The molecule has 0 saturated heterocycles. The fourth-order valence-electron chi connectivity index (χ4n) is 3.08. The van der Waals surface area contributed by atoms with E-state index in [9.17, 15) is 13.2 Å². The molecule has 4 rings (SSSR count). The van der Waals surface area contributed by atoms with E-state index in [-0.39, 0.29) is 16.1 Å². The molecule has 0 bridgehead atoms. The molecular weight excluding hydrogens is 460 g/mol. The summed E-state index contributed by atoms with van der Waals surface area (Å²) in [5.41, 5.74) is 3.00. The number of nitrogens with one attached hydrogen (secondary N) is 3. The molecule has 0 spiro atoms. The summed E-state index contributed by atoms with van der Waals surface area (Å²) in [6.07, 6.45) is 0. The molecule has 170 valence electrons. The van der Waals surface area contributed by atoms with Gasteiger partial charge in [-0.05, 0) is 55.0 Å². The zero-order valence-corrected chi connectivity index (χ0v) is 19.6. The number of amides is 2. The van der Waals surface area contributed by atoms with Gasteiger partial charge in [0.2, 0.25) is 0 Å². The molecule has 3 aromatic carbocycles. The summed E-state index contributed by atoms with van der Waals surface area (Å²) in [6.45, 7) is 2.23. The van der Waals surface area contributed by atoms with E-state index in [4.69, 9.17) is 4.74 Å². The lowest BCUT2D eigenvalue weighted by Gasteiger charge is -2.08. The van der Waals surface area contributed by atoms with Crippen LogP contribution in [0.2, 0.25) is 0 Å². The van der Waals surface area contributed by atoms with E-state index >= 15 is 0 Å². The Labute approximate surface area is 195 Å². The Bertz CT molecular complexity index is 1400. The molecule has 2 amide bonds. The van der Waals surface area contributed by atoms with E-state index in [0.29, 0.717) is 17.7 Å². The minimum atomic E-state index is -3.74. The molecule has 0 aliphatic carbocycles. The van der Waals surface area contributed by atoms with Crippen LogP contribution in [0.1, 0.15) is 11.1 Å². The zero-order valence-electron chi connectivity index (χ0n) is 18.0. The second kappa shape index (κ2) is 9.47. The van der Waals surface area contributed by atoms with E-state index in [1.807, 2.05) is 31.2 Å². The second-order valence-corrected chi connectivity index (χ2v) is 9.99. The highest BCUT2D eigenvalue weighted by atomic mass is 32.2. The summed E-state index contributed by atoms with van der Waals surface area (Å²) in [5.74, 6) is 0.720. The fraction of sp³-hybridized carbons (Fsp3) is 0.130. The topological polar surface area (TPSA) is 109 Å². The standard InChI is InChI=1S/C23H22N4O4S2/c1-15-6-9-19(10-7-15)33(29,30)27-23-26-20-13-17(8-11-21(20)32-23)25-22(28)24-14-16-4-3-5-18(12-16)31-2/h3-13H,14H2,1-2H3,(H,26,27)(H2,24,25,28). The third-order valence-corrected chi connectivity index (χ3v) is 7.22. The first-order valence-electron chi connectivity index (χ1n) is 10.0. The van der Waals surface area contributed by atoms with Crippen molar-refractivity contribution in [2.24, 2.45) is 0 Å². The smallest absolute Gasteiger partial charge is 0.319 e. The number of aromatic nitrogens is 1. The average molecular weight is 483 g/mol. The van der Waals surface area contributed by atoms with E-state index in [0.717, 1.165) is 21.6 Å². The zero-order chi connectivity index (χ0) is 23.4. The number of sulfonamides is 1. The first kappa shape index (κ1) is 22.6. The Morgan fingerprint density at radius 1 is 1.06 bits per heavy atom. The fourth-order valence-corrected chi connectivity index (χ4v) is 5.16. The molecule has 0 aliphatic rings. The van der Waals surface area contributed by atoms with Gasteiger partial charge < -0.3 is 15.4 Å². The number of rotatable bonds is 7. The molecule has 0 atom stereocenters. The highest BCUT2D eigenvalue weighted by Crippen LogP contribution is 2.29. The van der Waals surface area contributed by atoms with Gasteiger partial charge in [-0.1, -0.05) is 41.2 Å². The molecule has 1 heterocycles. The lowest BCUT2D eigenvalue weighted by molar-refractivity contribution is 0.251. The Balaban J connectivity index is 1.42. The van der Waals surface area contributed by atoms with Crippen molar-refractivity contribution in [1.82, 2.24) is 10.3 Å². The largest absolute Gasteiger partial charge is 0.497 e. The minimum absolute atomic E-state index is 0.169. The van der Waals surface area contributed by atoms with Crippen molar-refractivity contribution < 1.29 is 17.9 Å². The summed E-state index contributed by atoms with van der Waals surface area (Å²) in [4.78, 5) is 16.8. The van der Waals surface area contributed by atoms with Crippen LogP contribution in [0, 0.1) is 6.92 Å². The van der Waals surface area contributed by atoms with Crippen LogP contribution in [0.15, 0.2) is 71.6 Å². The number of ether oxygens (including phenoxy) is 1. The maximum Gasteiger partial charge on any atom is 0.319 e. The van der Waals surface area contributed by atoms with Gasteiger partial charge in [0.05, 0.1) is 22.2 Å². The lowest BCUT2D eigenvalue weighted by atomic mass is 10.2. The van der Waals surface area contributed by atoms with E-state index in [2.05, 4.69) is 20.3 Å². The van der Waals surface area contributed by atoms with Crippen LogP contribution in [0.5, 0.6) is 5.75 Å². The van der Waals surface area contributed by atoms with Gasteiger partial charge >= 0.3 is 6.03 Å². The number of carbonyl (C=O) groups excluding carboxylic acids is 1. The van der Waals surface area contributed by atoms with Crippen molar-refractivity contribution >= 4 is 48.4 Å². The predicted molar refractivity (Wildman–Crippen MR) is 130 cm³/mol. The molecule has 33 heavy (non-hydrogen) atoms. The van der Waals surface area contributed by atoms with Gasteiger partial charge in [-0.25, -0.2) is 18.2 Å². The number of carbonyl (C=O) groups is 1. The number of benzene rings is 3. The molecule has 1 aromatic heterocycles. The molecule has 4 aromatic rings. The molecule has 8 nitrogen and oxygen atoms in total. The van der Waals surface area contributed by atoms with E-state index in [1.165, 1.54) is 11.3 Å². The predicted octanol–water partition coefficient (Wildman–Crippen LogP) is 4.74. The van der Waals surface area contributed by atoms with Crippen LogP contribution in [0.4, 0.5) is 15.6 Å². The van der Waals surface area contributed by atoms with Gasteiger partial charge in [-0.15, -0.1) is 0 Å². The number of hydrogen-bond acceptors (Lipinski definition) is 6. The van der Waals surface area contributed by atoms with E-state index in [1.54, 1.807) is 49.6 Å². The molecule has 0 saturated carbocycles. The first-order valence-corrected chi connectivity index (χ1v) is 12.3. The lowest BCUT2D eigenvalue weighted by Crippen LogP contribution is -2.28. The third-order valence-electron chi connectivity index (χ3n) is 4.79. The average Bonchev–Trinajstić information content (AvgIpc) is 3.19. The van der Waals surface area contributed by atoms with Gasteiger partial charge in [-0.2, -0.15) is 0 Å². The quantitative estimate of drug-likeness (QED) is 0.353. The number of hydrogen-bond donors (Lipinski definition) is 3. The summed E-state index contributed by atoms with van der Waals surface area (Å²) >= 11 is 1.22. The SMILES string of the molecule is COc1cccc(CNC(=O)Nc2ccc3sc(NS(=O)(=O)c4ccc(C)cc4)nc3c2)c1. The Morgan fingerprint density at radius 2 is 1.85 bits per heavy atom. The summed E-state index contributed by atoms with van der Waals surface area (Å²) in [6, 6.07) is 18.9. The Morgan fingerprint density at radius 3 is 2.61 bits per heavy atom. The molecule has 0 radical (unpaired) electrons. The molecule has 0 fully saturated rings.